The van der Waals surface area contributed by atoms with Gasteiger partial charge in [0.25, 0.3) is 0 Å². The van der Waals surface area contributed by atoms with Crippen molar-refractivity contribution in [3.8, 4) is 0 Å². The minimum atomic E-state index is -0.943. The molecule has 0 aromatic rings. The van der Waals surface area contributed by atoms with Crippen molar-refractivity contribution < 1.29 is 4.39 Å². The molecule has 0 bridgehead atoms. The van der Waals surface area contributed by atoms with Crippen LogP contribution in [0.25, 0.3) is 0 Å². The second-order valence-corrected chi connectivity index (χ2v) is 2.05. The van der Waals surface area contributed by atoms with Gasteiger partial charge in [0, 0.05) is 0 Å². The molecule has 0 saturated heterocycles. The third-order valence-corrected chi connectivity index (χ3v) is 1.51. The summed E-state index contributed by atoms with van der Waals surface area (Å²) < 4.78 is 12.1. The van der Waals surface area contributed by atoms with Crippen LogP contribution in [0.3, 0.4) is 0 Å². The highest BCUT2D eigenvalue weighted by molar-refractivity contribution is 6.18. The first kappa shape index (κ1) is 4.38. The average Bonchev–Trinajstić information content (AvgIpc) is 2.22. The van der Waals surface area contributed by atoms with Crippen LogP contribution in [-0.4, -0.2) is 11.5 Å². The Morgan fingerprint density at radius 3 is 2.17 bits per heavy atom. The molecule has 0 nitrogen and oxygen atoms in total. The zero-order valence-electron chi connectivity index (χ0n) is 3.38. The molecule has 0 heterocycles. The van der Waals surface area contributed by atoms with Crippen LogP contribution in [0.15, 0.2) is 0 Å². The van der Waals surface area contributed by atoms with Gasteiger partial charge < -0.3 is 0 Å². The van der Waals surface area contributed by atoms with Gasteiger partial charge in [0.05, 0.1) is 5.88 Å². The van der Waals surface area contributed by atoms with Gasteiger partial charge in [-0.1, -0.05) is 0 Å². The summed E-state index contributed by atoms with van der Waals surface area (Å²) in [6.07, 6.45) is 1.35. The molecular formula is C4H6ClF. The zero-order valence-corrected chi connectivity index (χ0v) is 4.13. The molecule has 0 aliphatic heterocycles. The summed E-state index contributed by atoms with van der Waals surface area (Å²) in [6, 6.07) is 0. The summed E-state index contributed by atoms with van der Waals surface area (Å²) in [5.41, 5.74) is -0.943. The van der Waals surface area contributed by atoms with Crippen molar-refractivity contribution >= 4 is 11.6 Å². The summed E-state index contributed by atoms with van der Waals surface area (Å²) in [6.45, 7) is 0. The number of rotatable bonds is 1. The third kappa shape index (κ3) is 0.648. The first-order chi connectivity index (χ1) is 2.77. The number of alkyl halides is 2. The molecular weight excluding hydrogens is 102 g/mol. The standard InChI is InChI=1S/C4H6ClF/c5-3-4(6)1-2-4/h1-3H2. The molecule has 0 atom stereocenters. The van der Waals surface area contributed by atoms with E-state index in [0.29, 0.717) is 12.8 Å². The van der Waals surface area contributed by atoms with E-state index in [0.717, 1.165) is 0 Å². The fourth-order valence-corrected chi connectivity index (χ4v) is 0.537. The first-order valence-electron chi connectivity index (χ1n) is 2.02. The highest BCUT2D eigenvalue weighted by Crippen LogP contribution is 2.40. The predicted molar refractivity (Wildman–Crippen MR) is 23.8 cm³/mol. The van der Waals surface area contributed by atoms with Gasteiger partial charge >= 0.3 is 0 Å². The highest BCUT2D eigenvalue weighted by atomic mass is 35.5. The maximum Gasteiger partial charge on any atom is 0.124 e. The Morgan fingerprint density at radius 2 is 2.17 bits per heavy atom. The van der Waals surface area contributed by atoms with Crippen LogP contribution >= 0.6 is 11.6 Å². The van der Waals surface area contributed by atoms with Crippen LogP contribution in [-0.2, 0) is 0 Å². The molecule has 0 aromatic carbocycles. The first-order valence-corrected chi connectivity index (χ1v) is 2.55. The van der Waals surface area contributed by atoms with Crippen molar-refractivity contribution in [2.75, 3.05) is 5.88 Å². The van der Waals surface area contributed by atoms with E-state index >= 15 is 0 Å². The van der Waals surface area contributed by atoms with Crippen molar-refractivity contribution in [3.05, 3.63) is 0 Å². The second kappa shape index (κ2) is 1.09. The van der Waals surface area contributed by atoms with E-state index in [4.69, 9.17) is 11.6 Å². The largest absolute Gasteiger partial charge is 0.243 e. The van der Waals surface area contributed by atoms with Crippen molar-refractivity contribution in [1.29, 1.82) is 0 Å². The predicted octanol–water partition coefficient (Wildman–Crippen LogP) is 1.73. The van der Waals surface area contributed by atoms with Crippen molar-refractivity contribution in [2.24, 2.45) is 0 Å². The topological polar surface area (TPSA) is 0 Å². The number of hydrogen-bond donors (Lipinski definition) is 0. The molecule has 1 saturated carbocycles. The third-order valence-electron chi connectivity index (χ3n) is 1.03. The average molecular weight is 109 g/mol. The molecule has 2 heteroatoms. The van der Waals surface area contributed by atoms with Gasteiger partial charge in [-0.05, 0) is 12.8 Å². The summed E-state index contributed by atoms with van der Waals surface area (Å²) in [5, 5.41) is 0. The molecule has 0 spiro atoms. The molecule has 36 valence electrons. The van der Waals surface area contributed by atoms with E-state index in [1.54, 1.807) is 0 Å². The quantitative estimate of drug-likeness (QED) is 0.449. The molecule has 0 unspecified atom stereocenters. The van der Waals surface area contributed by atoms with Crippen molar-refractivity contribution in [2.45, 2.75) is 18.5 Å². The van der Waals surface area contributed by atoms with Crippen LogP contribution in [0.2, 0.25) is 0 Å². The van der Waals surface area contributed by atoms with Crippen LogP contribution < -0.4 is 0 Å². The van der Waals surface area contributed by atoms with Crippen molar-refractivity contribution in [3.63, 3.8) is 0 Å². The monoisotopic (exact) mass is 108 g/mol. The van der Waals surface area contributed by atoms with Gasteiger partial charge in [0.15, 0.2) is 0 Å². The van der Waals surface area contributed by atoms with Crippen LogP contribution in [0.1, 0.15) is 12.8 Å². The Bertz CT molecular complexity index is 58.6. The minimum Gasteiger partial charge on any atom is -0.243 e. The van der Waals surface area contributed by atoms with Crippen molar-refractivity contribution in [1.82, 2.24) is 0 Å². The Morgan fingerprint density at radius 1 is 1.67 bits per heavy atom. The Kier molecular flexibility index (Phi) is 0.798. The van der Waals surface area contributed by atoms with E-state index < -0.39 is 5.67 Å². The molecule has 0 aromatic heterocycles. The Labute approximate surface area is 41.3 Å². The van der Waals surface area contributed by atoms with Gasteiger partial charge in [0.2, 0.25) is 0 Å². The number of hydrogen-bond acceptors (Lipinski definition) is 0. The maximum atomic E-state index is 12.1. The Balaban J connectivity index is 2.28. The molecule has 0 amide bonds. The lowest BCUT2D eigenvalue weighted by Gasteiger charge is -1.89. The molecule has 1 rings (SSSR count). The van der Waals surface area contributed by atoms with Crippen LogP contribution in [0.4, 0.5) is 4.39 Å². The smallest absolute Gasteiger partial charge is 0.124 e. The molecule has 1 aliphatic rings. The summed E-state index contributed by atoms with van der Waals surface area (Å²) in [7, 11) is 0. The fraction of sp³-hybridized carbons (Fsp3) is 1.00. The van der Waals surface area contributed by atoms with Gasteiger partial charge in [-0.25, -0.2) is 4.39 Å². The second-order valence-electron chi connectivity index (χ2n) is 1.78. The Hall–Kier alpha value is 0.220. The van der Waals surface area contributed by atoms with E-state index in [1.165, 1.54) is 0 Å². The number of halogens is 2. The lowest BCUT2D eigenvalue weighted by molar-refractivity contribution is 0.344. The fourth-order valence-electron chi connectivity index (χ4n) is 0.269. The van der Waals surface area contributed by atoms with E-state index in [9.17, 15) is 4.39 Å². The lowest BCUT2D eigenvalue weighted by Crippen LogP contribution is -1.98. The zero-order chi connectivity index (χ0) is 4.62. The molecule has 1 fully saturated rings. The van der Waals surface area contributed by atoms with E-state index in [1.807, 2.05) is 0 Å². The highest BCUT2D eigenvalue weighted by Gasteiger charge is 2.41. The van der Waals surface area contributed by atoms with Crippen LogP contribution in [0.5, 0.6) is 0 Å². The molecule has 0 N–H and O–H groups in total. The normalized spacial score (nSPS) is 27.0. The van der Waals surface area contributed by atoms with Gasteiger partial charge in [-0.3, -0.25) is 0 Å². The van der Waals surface area contributed by atoms with Gasteiger partial charge in [0.1, 0.15) is 5.67 Å². The van der Waals surface area contributed by atoms with E-state index in [-0.39, 0.29) is 5.88 Å². The summed E-state index contributed by atoms with van der Waals surface area (Å²) >= 11 is 5.17. The lowest BCUT2D eigenvalue weighted by atomic mass is 10.5. The van der Waals surface area contributed by atoms with Gasteiger partial charge in [-0.2, -0.15) is 0 Å². The molecule has 1 aliphatic carbocycles. The molecule has 6 heavy (non-hydrogen) atoms. The summed E-state index contributed by atoms with van der Waals surface area (Å²) in [4.78, 5) is 0. The minimum absolute atomic E-state index is 0.188. The molecule has 0 radical (unpaired) electrons. The van der Waals surface area contributed by atoms with E-state index in [2.05, 4.69) is 0 Å². The maximum absolute atomic E-state index is 12.1. The van der Waals surface area contributed by atoms with Gasteiger partial charge in [-0.15, -0.1) is 11.6 Å². The van der Waals surface area contributed by atoms with Crippen LogP contribution in [0, 0.1) is 0 Å². The SMILES string of the molecule is FC1(CCl)CC1. The summed E-state index contributed by atoms with van der Waals surface area (Å²) in [5.74, 6) is 0.188.